The van der Waals surface area contributed by atoms with Gasteiger partial charge in [-0.3, -0.25) is 10.1 Å². The lowest BCUT2D eigenvalue weighted by Crippen LogP contribution is -2.24. The summed E-state index contributed by atoms with van der Waals surface area (Å²) < 4.78 is 5.42. The van der Waals surface area contributed by atoms with Crippen LogP contribution in [-0.2, 0) is 4.74 Å². The van der Waals surface area contributed by atoms with E-state index < -0.39 is 0 Å². The minimum absolute atomic E-state index is 0.138. The van der Waals surface area contributed by atoms with E-state index in [1.54, 1.807) is 12.1 Å². The molecule has 0 bridgehead atoms. The first-order chi connectivity index (χ1) is 8.66. The van der Waals surface area contributed by atoms with Crippen LogP contribution in [0.2, 0.25) is 0 Å². The number of anilines is 1. The fraction of sp³-hybridized carbons (Fsp3) is 0.538. The minimum Gasteiger partial charge on any atom is -0.384 e. The second-order valence-electron chi connectivity index (χ2n) is 4.72. The van der Waals surface area contributed by atoms with Crippen molar-refractivity contribution >= 4 is 11.4 Å². The van der Waals surface area contributed by atoms with Crippen molar-refractivity contribution in [3.63, 3.8) is 0 Å². The molecular weight excluding hydrogens is 232 g/mol. The second kappa shape index (κ2) is 5.82. The first-order valence-electron chi connectivity index (χ1n) is 6.23. The number of hydrogen-bond donors (Lipinski definition) is 1. The highest BCUT2D eigenvalue weighted by Gasteiger charge is 2.14. The third kappa shape index (κ3) is 3.20. The van der Waals surface area contributed by atoms with Crippen molar-refractivity contribution in [2.45, 2.75) is 19.8 Å². The van der Waals surface area contributed by atoms with Gasteiger partial charge in [0.15, 0.2) is 0 Å². The molecule has 1 aromatic carbocycles. The maximum absolute atomic E-state index is 10.6. The van der Waals surface area contributed by atoms with Crippen molar-refractivity contribution in [3.05, 3.63) is 33.9 Å². The Kier molecular flexibility index (Phi) is 4.15. The molecule has 0 aromatic heterocycles. The maximum atomic E-state index is 10.6. The molecule has 2 rings (SSSR count). The summed E-state index contributed by atoms with van der Waals surface area (Å²) in [6.07, 6.45) is 2.30. The monoisotopic (exact) mass is 250 g/mol. The Morgan fingerprint density at radius 3 is 3.00 bits per heavy atom. The molecule has 1 aliphatic rings. The van der Waals surface area contributed by atoms with Gasteiger partial charge in [0.1, 0.15) is 0 Å². The average molecular weight is 250 g/mol. The maximum Gasteiger partial charge on any atom is 0.269 e. The number of ether oxygens (including phenoxy) is 1. The zero-order chi connectivity index (χ0) is 13.0. The highest BCUT2D eigenvalue weighted by Crippen LogP contribution is 2.22. The van der Waals surface area contributed by atoms with Gasteiger partial charge in [0.05, 0.1) is 11.5 Å². The number of nitrogens with one attached hydrogen (secondary N) is 1. The molecule has 1 saturated heterocycles. The molecule has 1 unspecified atom stereocenters. The molecule has 18 heavy (non-hydrogen) atoms. The molecule has 0 radical (unpaired) electrons. The fourth-order valence-electron chi connectivity index (χ4n) is 2.18. The van der Waals surface area contributed by atoms with E-state index in [4.69, 9.17) is 4.74 Å². The Hall–Kier alpha value is -1.62. The first kappa shape index (κ1) is 12.8. The molecule has 1 atom stereocenters. The molecule has 1 aliphatic heterocycles. The van der Waals surface area contributed by atoms with E-state index in [2.05, 4.69) is 5.32 Å². The van der Waals surface area contributed by atoms with Crippen LogP contribution in [0.4, 0.5) is 11.4 Å². The van der Waals surface area contributed by atoms with E-state index >= 15 is 0 Å². The summed E-state index contributed by atoms with van der Waals surface area (Å²) in [6, 6.07) is 4.91. The molecule has 98 valence electrons. The van der Waals surface area contributed by atoms with Crippen molar-refractivity contribution in [2.75, 3.05) is 25.1 Å². The Morgan fingerprint density at radius 1 is 1.56 bits per heavy atom. The van der Waals surface area contributed by atoms with Gasteiger partial charge in [-0.05, 0) is 37.3 Å². The number of benzene rings is 1. The van der Waals surface area contributed by atoms with Crippen molar-refractivity contribution in [3.8, 4) is 0 Å². The van der Waals surface area contributed by atoms with Crippen LogP contribution in [0, 0.1) is 23.0 Å². The summed E-state index contributed by atoms with van der Waals surface area (Å²) in [5, 5.41) is 14.0. The molecule has 1 N–H and O–H groups in total. The van der Waals surface area contributed by atoms with E-state index in [1.165, 1.54) is 12.5 Å². The van der Waals surface area contributed by atoms with Gasteiger partial charge >= 0.3 is 0 Å². The van der Waals surface area contributed by atoms with E-state index in [0.29, 0.717) is 5.92 Å². The van der Waals surface area contributed by atoms with Crippen LogP contribution in [0.3, 0.4) is 0 Å². The van der Waals surface area contributed by atoms with Crippen LogP contribution in [0.15, 0.2) is 18.2 Å². The molecular formula is C13H18N2O3. The van der Waals surface area contributed by atoms with Crippen molar-refractivity contribution in [1.82, 2.24) is 0 Å². The summed E-state index contributed by atoms with van der Waals surface area (Å²) in [4.78, 5) is 10.3. The molecule has 5 nitrogen and oxygen atoms in total. The van der Waals surface area contributed by atoms with Crippen molar-refractivity contribution < 1.29 is 9.66 Å². The zero-order valence-electron chi connectivity index (χ0n) is 10.5. The lowest BCUT2D eigenvalue weighted by molar-refractivity contribution is -0.384. The van der Waals surface area contributed by atoms with Gasteiger partial charge in [-0.1, -0.05) is 0 Å². The summed E-state index contributed by atoms with van der Waals surface area (Å²) in [6.45, 7) is 4.41. The minimum atomic E-state index is -0.369. The van der Waals surface area contributed by atoms with Gasteiger partial charge < -0.3 is 10.1 Å². The lowest BCUT2D eigenvalue weighted by atomic mass is 10.0. The van der Waals surface area contributed by atoms with Gasteiger partial charge in [0, 0.05) is 31.0 Å². The standard InChI is InChI=1S/C13H18N2O3/c1-10-7-12(15(16)17)4-5-13(10)14-8-11-3-2-6-18-9-11/h4-5,7,11,14H,2-3,6,8-9H2,1H3. The van der Waals surface area contributed by atoms with Crippen LogP contribution < -0.4 is 5.32 Å². The smallest absolute Gasteiger partial charge is 0.269 e. The van der Waals surface area contributed by atoms with Gasteiger partial charge in [-0.25, -0.2) is 0 Å². The molecule has 5 heteroatoms. The summed E-state index contributed by atoms with van der Waals surface area (Å²) in [5.41, 5.74) is 2.01. The predicted molar refractivity (Wildman–Crippen MR) is 69.9 cm³/mol. The molecule has 1 aromatic rings. The lowest BCUT2D eigenvalue weighted by Gasteiger charge is -2.23. The molecule has 1 fully saturated rings. The van der Waals surface area contributed by atoms with Gasteiger partial charge in [-0.15, -0.1) is 0 Å². The van der Waals surface area contributed by atoms with Gasteiger partial charge in [0.25, 0.3) is 5.69 Å². The number of hydrogen-bond acceptors (Lipinski definition) is 4. The number of nitro groups is 1. The third-order valence-corrected chi connectivity index (χ3v) is 3.26. The van der Waals surface area contributed by atoms with Crippen molar-refractivity contribution in [1.29, 1.82) is 0 Å². The van der Waals surface area contributed by atoms with Crippen LogP contribution >= 0.6 is 0 Å². The number of non-ortho nitro benzene ring substituents is 1. The quantitative estimate of drug-likeness (QED) is 0.659. The highest BCUT2D eigenvalue weighted by molar-refractivity contribution is 5.55. The highest BCUT2D eigenvalue weighted by atomic mass is 16.6. The summed E-state index contributed by atoms with van der Waals surface area (Å²) in [5.74, 6) is 0.536. The summed E-state index contributed by atoms with van der Waals surface area (Å²) in [7, 11) is 0. The van der Waals surface area contributed by atoms with Crippen LogP contribution in [-0.4, -0.2) is 24.7 Å². The van der Waals surface area contributed by atoms with Gasteiger partial charge in [-0.2, -0.15) is 0 Å². The van der Waals surface area contributed by atoms with E-state index in [-0.39, 0.29) is 10.6 Å². The zero-order valence-corrected chi connectivity index (χ0v) is 10.5. The molecule has 0 spiro atoms. The van der Waals surface area contributed by atoms with Crippen LogP contribution in [0.5, 0.6) is 0 Å². The largest absolute Gasteiger partial charge is 0.384 e. The average Bonchev–Trinajstić information content (AvgIpc) is 2.38. The van der Waals surface area contributed by atoms with Crippen LogP contribution in [0.25, 0.3) is 0 Å². The molecule has 1 heterocycles. The third-order valence-electron chi connectivity index (χ3n) is 3.26. The van der Waals surface area contributed by atoms with Crippen LogP contribution in [0.1, 0.15) is 18.4 Å². The molecule has 0 aliphatic carbocycles. The SMILES string of the molecule is Cc1cc([N+](=O)[O-])ccc1NCC1CCCOC1. The normalized spacial score (nSPS) is 19.5. The molecule has 0 amide bonds. The predicted octanol–water partition coefficient (Wildman–Crippen LogP) is 2.74. The van der Waals surface area contributed by atoms with E-state index in [9.17, 15) is 10.1 Å². The topological polar surface area (TPSA) is 64.4 Å². The number of nitro benzene ring substituents is 1. The Labute approximate surface area is 106 Å². The number of nitrogens with zero attached hydrogens (tertiary/aromatic N) is 1. The Balaban J connectivity index is 1.94. The number of rotatable bonds is 4. The summed E-state index contributed by atoms with van der Waals surface area (Å²) >= 11 is 0. The van der Waals surface area contributed by atoms with Crippen molar-refractivity contribution in [2.24, 2.45) is 5.92 Å². The fourth-order valence-corrected chi connectivity index (χ4v) is 2.18. The second-order valence-corrected chi connectivity index (χ2v) is 4.72. The van der Waals surface area contributed by atoms with Gasteiger partial charge in [0.2, 0.25) is 0 Å². The Morgan fingerprint density at radius 2 is 2.39 bits per heavy atom. The van der Waals surface area contributed by atoms with E-state index in [1.807, 2.05) is 6.92 Å². The first-order valence-corrected chi connectivity index (χ1v) is 6.23. The molecule has 0 saturated carbocycles. The number of aryl methyl sites for hydroxylation is 1. The Bertz CT molecular complexity index is 428. The van der Waals surface area contributed by atoms with E-state index in [0.717, 1.165) is 37.4 Å².